The van der Waals surface area contributed by atoms with Gasteiger partial charge in [-0.3, -0.25) is 9.00 Å². The van der Waals surface area contributed by atoms with Crippen molar-refractivity contribution in [1.82, 2.24) is 14.8 Å². The molecule has 1 aromatic heterocycles. The number of anilines is 2. The van der Waals surface area contributed by atoms with E-state index in [1.807, 2.05) is 0 Å². The van der Waals surface area contributed by atoms with Crippen molar-refractivity contribution < 1.29 is 17.4 Å². The highest BCUT2D eigenvalue weighted by molar-refractivity contribution is 7.84. The summed E-state index contributed by atoms with van der Waals surface area (Å²) in [6.07, 6.45) is 2.48. The molecular weight excluding hydrogens is 393 g/mol. The molecule has 3 rings (SSSR count). The number of aromatic nitrogens is 3. The van der Waals surface area contributed by atoms with E-state index in [2.05, 4.69) is 15.4 Å². The number of benzene rings is 2. The van der Waals surface area contributed by atoms with Gasteiger partial charge in [0.15, 0.2) is 17.5 Å². The summed E-state index contributed by atoms with van der Waals surface area (Å²) in [4.78, 5) is 16.1. The highest BCUT2D eigenvalue weighted by atomic mass is 32.2. The first kappa shape index (κ1) is 19.7. The zero-order chi connectivity index (χ0) is 20.4. The third-order valence-electron chi connectivity index (χ3n) is 3.93. The number of hydrogen-bond donors (Lipinski definition) is 1. The summed E-state index contributed by atoms with van der Waals surface area (Å²) in [5.41, 5.74) is 0.802. The predicted octanol–water partition coefficient (Wildman–Crippen LogP) is 2.89. The Bertz CT molecular complexity index is 1110. The first-order chi connectivity index (χ1) is 13.2. The van der Waals surface area contributed by atoms with Crippen molar-refractivity contribution in [2.75, 3.05) is 11.6 Å². The van der Waals surface area contributed by atoms with Gasteiger partial charge in [-0.15, -0.1) is 0 Å². The zero-order valence-electron chi connectivity index (χ0n) is 14.9. The topological polar surface area (TPSA) is 76.9 Å². The highest BCUT2D eigenvalue weighted by Crippen LogP contribution is 2.22. The summed E-state index contributed by atoms with van der Waals surface area (Å²) in [6, 6.07) is 6.79. The normalized spacial score (nSPS) is 12.0. The van der Waals surface area contributed by atoms with E-state index in [0.29, 0.717) is 10.6 Å². The Morgan fingerprint density at radius 3 is 2.46 bits per heavy atom. The Morgan fingerprint density at radius 1 is 1.14 bits per heavy atom. The molecule has 146 valence electrons. The Balaban J connectivity index is 1.99. The third kappa shape index (κ3) is 4.28. The quantitative estimate of drug-likeness (QED) is 0.657. The smallest absolute Gasteiger partial charge is 0.293 e. The number of rotatable bonds is 5. The minimum Gasteiger partial charge on any atom is -0.324 e. The summed E-state index contributed by atoms with van der Waals surface area (Å²) in [6.45, 7) is 1.64. The third-order valence-corrected chi connectivity index (χ3v) is 4.85. The number of aryl methyl sites for hydroxylation is 1. The predicted molar refractivity (Wildman–Crippen MR) is 98.5 cm³/mol. The van der Waals surface area contributed by atoms with Crippen LogP contribution in [0.2, 0.25) is 0 Å². The van der Waals surface area contributed by atoms with Crippen molar-refractivity contribution in [1.29, 1.82) is 0 Å². The molecule has 0 spiro atoms. The molecule has 0 saturated heterocycles. The summed E-state index contributed by atoms with van der Waals surface area (Å²) < 4.78 is 53.0. The van der Waals surface area contributed by atoms with Crippen LogP contribution in [0.3, 0.4) is 0 Å². The fourth-order valence-electron chi connectivity index (χ4n) is 2.48. The second kappa shape index (κ2) is 7.93. The van der Waals surface area contributed by atoms with Crippen molar-refractivity contribution in [3.05, 3.63) is 75.5 Å². The minimum absolute atomic E-state index is 0.0137. The maximum Gasteiger partial charge on any atom is 0.293 e. The monoisotopic (exact) mass is 408 g/mol. The Morgan fingerprint density at radius 2 is 1.82 bits per heavy atom. The molecule has 0 saturated carbocycles. The van der Waals surface area contributed by atoms with E-state index in [4.69, 9.17) is 0 Å². The lowest BCUT2D eigenvalue weighted by molar-refractivity contribution is 0.444. The van der Waals surface area contributed by atoms with Crippen LogP contribution in [0.1, 0.15) is 11.1 Å². The van der Waals surface area contributed by atoms with E-state index >= 15 is 0 Å². The number of nitrogens with zero attached hydrogens (tertiary/aromatic N) is 3. The van der Waals surface area contributed by atoms with Gasteiger partial charge in [0, 0.05) is 27.6 Å². The molecule has 0 bridgehead atoms. The van der Waals surface area contributed by atoms with Crippen molar-refractivity contribution in [2.45, 2.75) is 18.4 Å². The molecule has 0 fully saturated rings. The van der Waals surface area contributed by atoms with Crippen molar-refractivity contribution >= 4 is 22.4 Å². The van der Waals surface area contributed by atoms with E-state index < -0.39 is 33.8 Å². The lowest BCUT2D eigenvalue weighted by Gasteiger charge is -2.14. The van der Waals surface area contributed by atoms with Crippen LogP contribution in [-0.2, 0) is 17.3 Å². The molecule has 1 heterocycles. The lowest BCUT2D eigenvalue weighted by atomic mass is 10.2. The van der Waals surface area contributed by atoms with E-state index in [9.17, 15) is 22.2 Å². The molecule has 0 aliphatic carbocycles. The molecule has 28 heavy (non-hydrogen) atoms. The van der Waals surface area contributed by atoms with Gasteiger partial charge < -0.3 is 5.32 Å². The van der Waals surface area contributed by atoms with Gasteiger partial charge in [0.2, 0.25) is 5.95 Å². The molecule has 1 unspecified atom stereocenters. The molecular formula is C18H15F3N4O2S. The molecule has 10 heteroatoms. The minimum atomic E-state index is -1.56. The molecule has 0 amide bonds. The van der Waals surface area contributed by atoms with Crippen molar-refractivity contribution in [2.24, 2.45) is 0 Å². The number of hydrogen-bond acceptors (Lipinski definition) is 5. The molecule has 1 N–H and O–H groups in total. The van der Waals surface area contributed by atoms with E-state index in [-0.39, 0.29) is 18.1 Å². The summed E-state index contributed by atoms with van der Waals surface area (Å²) in [5.74, 6) is -4.20. The second-order valence-corrected chi connectivity index (χ2v) is 7.38. The molecule has 6 nitrogen and oxygen atoms in total. The van der Waals surface area contributed by atoms with Crippen LogP contribution in [0.25, 0.3) is 0 Å². The van der Waals surface area contributed by atoms with Crippen LogP contribution in [0.15, 0.2) is 46.2 Å². The van der Waals surface area contributed by atoms with E-state index in [1.165, 1.54) is 10.9 Å². The van der Waals surface area contributed by atoms with E-state index in [0.717, 1.165) is 23.9 Å². The number of nitrogens with one attached hydrogen (secondary N) is 1. The molecule has 0 radical (unpaired) electrons. The molecule has 0 aliphatic heterocycles. The fourth-order valence-corrected chi connectivity index (χ4v) is 3.02. The molecule has 0 aliphatic rings. The van der Waals surface area contributed by atoms with Gasteiger partial charge in [-0.05, 0) is 42.3 Å². The van der Waals surface area contributed by atoms with Crippen LogP contribution >= 0.6 is 0 Å². The van der Waals surface area contributed by atoms with E-state index in [1.54, 1.807) is 25.1 Å². The molecule has 3 aromatic rings. The SMILES string of the molecule is Cc1ccc(S(C)=O)cc1Nc1nc(=O)cnn1Cc1cc(F)c(F)c(F)c1. The van der Waals surface area contributed by atoms with Crippen LogP contribution in [-0.4, -0.2) is 25.2 Å². The van der Waals surface area contributed by atoms with Crippen molar-refractivity contribution in [3.63, 3.8) is 0 Å². The van der Waals surface area contributed by atoms with Gasteiger partial charge in [0.1, 0.15) is 6.20 Å². The van der Waals surface area contributed by atoms with Gasteiger partial charge >= 0.3 is 0 Å². The average molecular weight is 408 g/mol. The first-order valence-electron chi connectivity index (χ1n) is 8.03. The standard InChI is InChI=1S/C18H15F3N4O2S/c1-10-3-4-12(28(2)27)7-15(10)23-18-24-16(26)8-22-25(18)9-11-5-13(19)17(21)14(20)6-11/h3-8H,9H2,1-2H3,(H,23,24,26). The second-order valence-electron chi connectivity index (χ2n) is 6.01. The maximum absolute atomic E-state index is 13.5. The van der Waals surface area contributed by atoms with Gasteiger partial charge in [-0.1, -0.05) is 6.07 Å². The van der Waals surface area contributed by atoms with Gasteiger partial charge in [0.25, 0.3) is 5.56 Å². The zero-order valence-corrected chi connectivity index (χ0v) is 15.7. The average Bonchev–Trinajstić information content (AvgIpc) is 2.63. The first-order valence-corrected chi connectivity index (χ1v) is 9.59. The van der Waals surface area contributed by atoms with Crippen LogP contribution in [0, 0.1) is 24.4 Å². The van der Waals surface area contributed by atoms with Gasteiger partial charge in [0.05, 0.1) is 6.54 Å². The summed E-state index contributed by atoms with van der Waals surface area (Å²) in [7, 11) is -1.22. The fraction of sp³-hybridized carbons (Fsp3) is 0.167. The van der Waals surface area contributed by atoms with Crippen LogP contribution < -0.4 is 10.9 Å². The largest absolute Gasteiger partial charge is 0.324 e. The maximum atomic E-state index is 13.5. The summed E-state index contributed by atoms with van der Waals surface area (Å²) >= 11 is 0. The van der Waals surface area contributed by atoms with Gasteiger partial charge in [-0.25, -0.2) is 17.9 Å². The highest BCUT2D eigenvalue weighted by Gasteiger charge is 2.13. The lowest BCUT2D eigenvalue weighted by Crippen LogP contribution is -2.19. The van der Waals surface area contributed by atoms with Crippen LogP contribution in [0.5, 0.6) is 0 Å². The molecule has 1 atom stereocenters. The Hall–Kier alpha value is -3.01. The van der Waals surface area contributed by atoms with Gasteiger partial charge in [-0.2, -0.15) is 10.1 Å². The molecule has 2 aromatic carbocycles. The summed E-state index contributed by atoms with van der Waals surface area (Å²) in [5, 5.41) is 6.85. The Labute approximate surface area is 160 Å². The van der Waals surface area contributed by atoms with Crippen molar-refractivity contribution in [3.8, 4) is 0 Å². The number of halogens is 3. The Kier molecular flexibility index (Phi) is 5.59. The van der Waals surface area contributed by atoms with Crippen LogP contribution in [0.4, 0.5) is 24.8 Å².